The van der Waals surface area contributed by atoms with Crippen LogP contribution in [0.4, 0.5) is 0 Å². The quantitative estimate of drug-likeness (QED) is 0.889. The van der Waals surface area contributed by atoms with Crippen LogP contribution in [0.25, 0.3) is 11.1 Å². The van der Waals surface area contributed by atoms with E-state index in [-0.39, 0.29) is 17.4 Å². The average molecular weight is 250 g/mol. The van der Waals surface area contributed by atoms with Crippen LogP contribution in [-0.2, 0) is 17.4 Å². The van der Waals surface area contributed by atoms with E-state index < -0.39 is 5.97 Å². The van der Waals surface area contributed by atoms with E-state index in [1.807, 2.05) is 42.5 Å². The van der Waals surface area contributed by atoms with Gasteiger partial charge in [-0.2, -0.15) is 0 Å². The standard InChI is InChI=1S/C13H10O2.Cr/c14-13(15)12-9-5-4-8-11(12)10-6-2-1-3-7-10;/h1-9H,(H,14,15);. The van der Waals surface area contributed by atoms with Gasteiger partial charge in [0, 0.05) is 17.4 Å². The molecule has 16 heavy (non-hydrogen) atoms. The number of aromatic carboxylic acids is 1. The van der Waals surface area contributed by atoms with Crippen LogP contribution in [-0.4, -0.2) is 11.1 Å². The second-order valence-corrected chi connectivity index (χ2v) is 3.22. The monoisotopic (exact) mass is 250 g/mol. The van der Waals surface area contributed by atoms with E-state index in [9.17, 15) is 4.79 Å². The van der Waals surface area contributed by atoms with Crippen LogP contribution < -0.4 is 0 Å². The van der Waals surface area contributed by atoms with E-state index in [4.69, 9.17) is 5.11 Å². The summed E-state index contributed by atoms with van der Waals surface area (Å²) >= 11 is 0. The van der Waals surface area contributed by atoms with Gasteiger partial charge >= 0.3 is 5.97 Å². The van der Waals surface area contributed by atoms with Gasteiger partial charge in [0.25, 0.3) is 0 Å². The summed E-state index contributed by atoms with van der Waals surface area (Å²) in [4.78, 5) is 11.0. The van der Waals surface area contributed by atoms with Gasteiger partial charge in [-0.15, -0.1) is 0 Å². The molecule has 0 fully saturated rings. The molecule has 0 aliphatic carbocycles. The van der Waals surface area contributed by atoms with Crippen molar-refractivity contribution in [3.05, 3.63) is 60.2 Å². The summed E-state index contributed by atoms with van der Waals surface area (Å²) < 4.78 is 0. The van der Waals surface area contributed by atoms with Gasteiger partial charge in [-0.1, -0.05) is 48.5 Å². The molecule has 0 atom stereocenters. The predicted octanol–water partition coefficient (Wildman–Crippen LogP) is 3.05. The van der Waals surface area contributed by atoms with Gasteiger partial charge in [-0.05, 0) is 17.2 Å². The Bertz CT molecular complexity index is 480. The molecule has 0 aliphatic heterocycles. The van der Waals surface area contributed by atoms with Gasteiger partial charge in [0.15, 0.2) is 0 Å². The van der Waals surface area contributed by atoms with Crippen molar-refractivity contribution in [1.82, 2.24) is 0 Å². The van der Waals surface area contributed by atoms with Crippen molar-refractivity contribution in [1.29, 1.82) is 0 Å². The van der Waals surface area contributed by atoms with Crippen LogP contribution in [0.5, 0.6) is 0 Å². The van der Waals surface area contributed by atoms with Crippen molar-refractivity contribution in [2.24, 2.45) is 0 Å². The summed E-state index contributed by atoms with van der Waals surface area (Å²) in [6.45, 7) is 0. The molecule has 0 heterocycles. The second kappa shape index (κ2) is 5.51. The first-order valence-electron chi connectivity index (χ1n) is 4.67. The maximum Gasteiger partial charge on any atom is 0.336 e. The maximum absolute atomic E-state index is 11.0. The molecule has 3 heteroatoms. The Balaban J connectivity index is 0.00000128. The number of hydrogen-bond acceptors (Lipinski definition) is 1. The third-order valence-electron chi connectivity index (χ3n) is 2.24. The zero-order valence-corrected chi connectivity index (χ0v) is 9.73. The zero-order valence-electron chi connectivity index (χ0n) is 8.46. The van der Waals surface area contributed by atoms with Crippen LogP contribution in [0.3, 0.4) is 0 Å². The summed E-state index contributed by atoms with van der Waals surface area (Å²) in [5, 5.41) is 9.03. The molecule has 2 nitrogen and oxygen atoms in total. The van der Waals surface area contributed by atoms with Crippen molar-refractivity contribution < 1.29 is 27.3 Å². The number of carbonyl (C=O) groups is 1. The normalized spacial score (nSPS) is 9.25. The fraction of sp³-hybridized carbons (Fsp3) is 0. The first-order chi connectivity index (χ1) is 7.29. The predicted molar refractivity (Wildman–Crippen MR) is 58.8 cm³/mol. The summed E-state index contributed by atoms with van der Waals surface area (Å²) in [6, 6.07) is 16.5. The topological polar surface area (TPSA) is 37.3 Å². The van der Waals surface area contributed by atoms with Crippen molar-refractivity contribution in [3.8, 4) is 11.1 Å². The first-order valence-corrected chi connectivity index (χ1v) is 4.67. The van der Waals surface area contributed by atoms with Gasteiger partial charge in [0.05, 0.1) is 5.56 Å². The van der Waals surface area contributed by atoms with E-state index in [1.165, 1.54) is 0 Å². The third-order valence-corrected chi connectivity index (χ3v) is 2.24. The van der Waals surface area contributed by atoms with Crippen LogP contribution in [0.2, 0.25) is 0 Å². The van der Waals surface area contributed by atoms with E-state index in [0.29, 0.717) is 5.56 Å². The van der Waals surface area contributed by atoms with Crippen molar-refractivity contribution in [2.75, 3.05) is 0 Å². The largest absolute Gasteiger partial charge is 0.478 e. The molecular formula is C13H10CrO2. The Morgan fingerprint density at radius 3 is 2.06 bits per heavy atom. The molecule has 0 unspecified atom stereocenters. The van der Waals surface area contributed by atoms with E-state index in [0.717, 1.165) is 11.1 Å². The average Bonchev–Trinajstić information content (AvgIpc) is 2.30. The van der Waals surface area contributed by atoms with Crippen molar-refractivity contribution >= 4 is 5.97 Å². The van der Waals surface area contributed by atoms with Crippen molar-refractivity contribution in [2.45, 2.75) is 0 Å². The molecule has 0 aliphatic rings. The molecule has 0 saturated heterocycles. The Labute approximate surface area is 105 Å². The molecular weight excluding hydrogens is 240 g/mol. The van der Waals surface area contributed by atoms with E-state index in [2.05, 4.69) is 0 Å². The fourth-order valence-electron chi connectivity index (χ4n) is 1.54. The van der Waals surface area contributed by atoms with Crippen LogP contribution in [0, 0.1) is 0 Å². The molecule has 1 N–H and O–H groups in total. The molecule has 0 spiro atoms. The fourth-order valence-corrected chi connectivity index (χ4v) is 1.54. The van der Waals surface area contributed by atoms with Crippen LogP contribution in [0.15, 0.2) is 54.6 Å². The zero-order chi connectivity index (χ0) is 10.7. The third kappa shape index (κ3) is 2.52. The Morgan fingerprint density at radius 2 is 1.44 bits per heavy atom. The molecule has 0 amide bonds. The molecule has 0 saturated carbocycles. The maximum atomic E-state index is 11.0. The van der Waals surface area contributed by atoms with Crippen LogP contribution >= 0.6 is 0 Å². The number of rotatable bonds is 2. The molecule has 0 bridgehead atoms. The minimum Gasteiger partial charge on any atom is -0.478 e. The van der Waals surface area contributed by atoms with E-state index in [1.54, 1.807) is 12.1 Å². The molecule has 2 aromatic carbocycles. The second-order valence-electron chi connectivity index (χ2n) is 3.22. The summed E-state index contributed by atoms with van der Waals surface area (Å²) in [6.07, 6.45) is 0. The van der Waals surface area contributed by atoms with E-state index >= 15 is 0 Å². The Morgan fingerprint density at radius 1 is 0.875 bits per heavy atom. The molecule has 0 aromatic heterocycles. The molecule has 2 aromatic rings. The molecule has 0 radical (unpaired) electrons. The van der Waals surface area contributed by atoms with Gasteiger partial charge in [-0.3, -0.25) is 0 Å². The van der Waals surface area contributed by atoms with Gasteiger partial charge in [-0.25, -0.2) is 4.79 Å². The van der Waals surface area contributed by atoms with Gasteiger partial charge in [0.2, 0.25) is 0 Å². The minimum absolute atomic E-state index is 0. The smallest absolute Gasteiger partial charge is 0.336 e. The Kier molecular flexibility index (Phi) is 4.31. The van der Waals surface area contributed by atoms with Crippen LogP contribution in [0.1, 0.15) is 10.4 Å². The summed E-state index contributed by atoms with van der Waals surface area (Å²) in [5.41, 5.74) is 2.02. The van der Waals surface area contributed by atoms with Crippen molar-refractivity contribution in [3.63, 3.8) is 0 Å². The number of hydrogen-bond donors (Lipinski definition) is 1. The van der Waals surface area contributed by atoms with Gasteiger partial charge < -0.3 is 5.11 Å². The number of carboxylic acid groups (broad SMARTS) is 1. The molecule has 2 rings (SSSR count). The molecule has 80 valence electrons. The first kappa shape index (κ1) is 12.5. The van der Waals surface area contributed by atoms with Gasteiger partial charge in [0.1, 0.15) is 0 Å². The minimum atomic E-state index is -0.894. The number of benzene rings is 2. The SMILES string of the molecule is O=C(O)c1ccccc1-c1ccccc1.[Cr]. The number of carboxylic acids is 1. The summed E-state index contributed by atoms with van der Waals surface area (Å²) in [7, 11) is 0. The summed E-state index contributed by atoms with van der Waals surface area (Å²) in [5.74, 6) is -0.894. The Hall–Kier alpha value is -1.56.